The SMILES string of the molecule is C[C@@H]1CN(C(=O)c2ccco2)C[C@H](C)O1. The van der Waals surface area contributed by atoms with Gasteiger partial charge >= 0.3 is 0 Å². The second-order valence-electron chi connectivity index (χ2n) is 3.94. The van der Waals surface area contributed by atoms with E-state index in [1.165, 1.54) is 6.26 Å². The Balaban J connectivity index is 2.07. The second kappa shape index (κ2) is 4.06. The predicted molar refractivity (Wildman–Crippen MR) is 54.6 cm³/mol. The summed E-state index contributed by atoms with van der Waals surface area (Å²) in [7, 11) is 0. The van der Waals surface area contributed by atoms with Gasteiger partial charge in [0, 0.05) is 13.1 Å². The van der Waals surface area contributed by atoms with Gasteiger partial charge in [-0.15, -0.1) is 0 Å². The van der Waals surface area contributed by atoms with Crippen molar-refractivity contribution in [2.75, 3.05) is 13.1 Å². The Hall–Kier alpha value is -1.29. The maximum Gasteiger partial charge on any atom is 0.289 e. The van der Waals surface area contributed by atoms with Crippen LogP contribution in [0.3, 0.4) is 0 Å². The first kappa shape index (κ1) is 10.2. The molecule has 2 rings (SSSR count). The van der Waals surface area contributed by atoms with Gasteiger partial charge in [-0.25, -0.2) is 0 Å². The van der Waals surface area contributed by atoms with Gasteiger partial charge < -0.3 is 14.1 Å². The third kappa shape index (κ3) is 2.21. The molecule has 1 amide bonds. The zero-order valence-corrected chi connectivity index (χ0v) is 8.97. The van der Waals surface area contributed by atoms with Crippen molar-refractivity contribution in [3.63, 3.8) is 0 Å². The lowest BCUT2D eigenvalue weighted by molar-refractivity contribution is -0.0592. The quantitative estimate of drug-likeness (QED) is 0.704. The molecule has 4 nitrogen and oxygen atoms in total. The molecule has 1 aliphatic rings. The van der Waals surface area contributed by atoms with Crippen LogP contribution in [0.25, 0.3) is 0 Å². The molecule has 0 bridgehead atoms. The van der Waals surface area contributed by atoms with Gasteiger partial charge in [-0.1, -0.05) is 0 Å². The van der Waals surface area contributed by atoms with Gasteiger partial charge in [-0.3, -0.25) is 4.79 Å². The van der Waals surface area contributed by atoms with E-state index >= 15 is 0 Å². The van der Waals surface area contributed by atoms with E-state index < -0.39 is 0 Å². The van der Waals surface area contributed by atoms with E-state index in [1.807, 2.05) is 13.8 Å². The van der Waals surface area contributed by atoms with Crippen LogP contribution in [0.2, 0.25) is 0 Å². The average Bonchev–Trinajstić information content (AvgIpc) is 2.67. The fraction of sp³-hybridized carbons (Fsp3) is 0.545. The minimum Gasteiger partial charge on any atom is -0.459 e. The Morgan fingerprint density at radius 1 is 1.40 bits per heavy atom. The Morgan fingerprint density at radius 2 is 2.07 bits per heavy atom. The Morgan fingerprint density at radius 3 is 2.60 bits per heavy atom. The number of morpholine rings is 1. The average molecular weight is 209 g/mol. The molecular weight excluding hydrogens is 194 g/mol. The molecule has 2 heterocycles. The molecule has 1 fully saturated rings. The maximum absolute atomic E-state index is 11.9. The van der Waals surface area contributed by atoms with Gasteiger partial charge in [0.15, 0.2) is 5.76 Å². The largest absolute Gasteiger partial charge is 0.459 e. The van der Waals surface area contributed by atoms with E-state index in [1.54, 1.807) is 17.0 Å². The number of amides is 1. The number of ether oxygens (including phenoxy) is 1. The molecule has 0 radical (unpaired) electrons. The van der Waals surface area contributed by atoms with Gasteiger partial charge in [-0.2, -0.15) is 0 Å². The van der Waals surface area contributed by atoms with Crippen LogP contribution in [-0.2, 0) is 4.74 Å². The predicted octanol–water partition coefficient (Wildman–Crippen LogP) is 1.53. The van der Waals surface area contributed by atoms with Crippen LogP contribution in [-0.4, -0.2) is 36.1 Å². The number of furan rings is 1. The van der Waals surface area contributed by atoms with Crippen molar-refractivity contribution in [1.29, 1.82) is 0 Å². The van der Waals surface area contributed by atoms with Crippen molar-refractivity contribution in [2.24, 2.45) is 0 Å². The van der Waals surface area contributed by atoms with E-state index in [2.05, 4.69) is 0 Å². The molecular formula is C11H15NO3. The molecule has 1 aliphatic heterocycles. The minimum atomic E-state index is -0.0537. The van der Waals surface area contributed by atoms with Crippen molar-refractivity contribution in [3.8, 4) is 0 Å². The Kier molecular flexibility index (Phi) is 2.77. The summed E-state index contributed by atoms with van der Waals surface area (Å²) in [5, 5.41) is 0. The molecule has 1 aromatic rings. The first-order chi connectivity index (χ1) is 7.16. The number of hydrogen-bond acceptors (Lipinski definition) is 3. The lowest BCUT2D eigenvalue weighted by atomic mass is 10.2. The molecule has 82 valence electrons. The highest BCUT2D eigenvalue weighted by molar-refractivity contribution is 5.91. The molecule has 1 saturated heterocycles. The molecule has 0 saturated carbocycles. The van der Waals surface area contributed by atoms with E-state index in [4.69, 9.17) is 9.15 Å². The van der Waals surface area contributed by atoms with E-state index in [-0.39, 0.29) is 18.1 Å². The van der Waals surface area contributed by atoms with Crippen molar-refractivity contribution in [2.45, 2.75) is 26.1 Å². The monoisotopic (exact) mass is 209 g/mol. The highest BCUT2D eigenvalue weighted by Crippen LogP contribution is 2.14. The van der Waals surface area contributed by atoms with Crippen molar-refractivity contribution in [3.05, 3.63) is 24.2 Å². The third-order valence-electron chi connectivity index (χ3n) is 2.44. The van der Waals surface area contributed by atoms with E-state index in [0.717, 1.165) is 0 Å². The summed E-state index contributed by atoms with van der Waals surface area (Å²) in [6.45, 7) is 5.20. The number of hydrogen-bond donors (Lipinski definition) is 0. The highest BCUT2D eigenvalue weighted by Gasteiger charge is 2.27. The molecule has 4 heteroatoms. The van der Waals surface area contributed by atoms with Gasteiger partial charge in [0.2, 0.25) is 0 Å². The van der Waals surface area contributed by atoms with Crippen LogP contribution in [0.4, 0.5) is 0 Å². The molecule has 0 N–H and O–H groups in total. The summed E-state index contributed by atoms with van der Waals surface area (Å²) in [4.78, 5) is 13.7. The second-order valence-corrected chi connectivity index (χ2v) is 3.94. The van der Waals surface area contributed by atoms with Gasteiger partial charge in [-0.05, 0) is 26.0 Å². The van der Waals surface area contributed by atoms with Gasteiger partial charge in [0.25, 0.3) is 5.91 Å². The number of nitrogens with zero attached hydrogens (tertiary/aromatic N) is 1. The van der Waals surface area contributed by atoms with Crippen LogP contribution < -0.4 is 0 Å². The first-order valence-electron chi connectivity index (χ1n) is 5.15. The molecule has 1 aromatic heterocycles. The number of rotatable bonds is 1. The summed E-state index contributed by atoms with van der Waals surface area (Å²) in [5.41, 5.74) is 0. The van der Waals surface area contributed by atoms with Crippen LogP contribution in [0.15, 0.2) is 22.8 Å². The fourth-order valence-corrected chi connectivity index (χ4v) is 1.90. The topological polar surface area (TPSA) is 42.7 Å². The smallest absolute Gasteiger partial charge is 0.289 e. The van der Waals surface area contributed by atoms with Crippen LogP contribution in [0, 0.1) is 0 Å². The van der Waals surface area contributed by atoms with Crippen LogP contribution in [0.5, 0.6) is 0 Å². The fourth-order valence-electron chi connectivity index (χ4n) is 1.90. The maximum atomic E-state index is 11.9. The summed E-state index contributed by atoms with van der Waals surface area (Å²) >= 11 is 0. The minimum absolute atomic E-state index is 0.0537. The highest BCUT2D eigenvalue weighted by atomic mass is 16.5. The standard InChI is InChI=1S/C11H15NO3/c1-8-6-12(7-9(2)15-8)11(13)10-4-3-5-14-10/h3-5,8-9H,6-7H2,1-2H3/t8-,9+. The summed E-state index contributed by atoms with van der Waals surface area (Å²) in [6.07, 6.45) is 1.70. The molecule has 0 aromatic carbocycles. The normalized spacial score (nSPS) is 26.7. The van der Waals surface area contributed by atoms with Crippen molar-refractivity contribution in [1.82, 2.24) is 4.90 Å². The Bertz CT molecular complexity index is 324. The molecule has 15 heavy (non-hydrogen) atoms. The number of carbonyl (C=O) groups is 1. The summed E-state index contributed by atoms with van der Waals surface area (Å²) in [6, 6.07) is 3.41. The summed E-state index contributed by atoms with van der Waals surface area (Å²) < 4.78 is 10.6. The van der Waals surface area contributed by atoms with Gasteiger partial charge in [0.05, 0.1) is 18.5 Å². The molecule has 0 unspecified atom stereocenters. The van der Waals surface area contributed by atoms with Crippen LogP contribution >= 0.6 is 0 Å². The molecule has 0 spiro atoms. The van der Waals surface area contributed by atoms with E-state index in [0.29, 0.717) is 18.8 Å². The lowest BCUT2D eigenvalue weighted by Crippen LogP contribution is -2.48. The first-order valence-corrected chi connectivity index (χ1v) is 5.15. The lowest BCUT2D eigenvalue weighted by Gasteiger charge is -2.34. The zero-order chi connectivity index (χ0) is 10.8. The number of carbonyl (C=O) groups excluding carboxylic acids is 1. The van der Waals surface area contributed by atoms with Crippen molar-refractivity contribution >= 4 is 5.91 Å². The third-order valence-corrected chi connectivity index (χ3v) is 2.44. The zero-order valence-electron chi connectivity index (χ0n) is 8.97. The van der Waals surface area contributed by atoms with Crippen molar-refractivity contribution < 1.29 is 13.9 Å². The van der Waals surface area contributed by atoms with Gasteiger partial charge in [0.1, 0.15) is 0 Å². The Labute approximate surface area is 88.8 Å². The van der Waals surface area contributed by atoms with Crippen LogP contribution in [0.1, 0.15) is 24.4 Å². The molecule has 0 aliphatic carbocycles. The molecule has 2 atom stereocenters. The summed E-state index contributed by atoms with van der Waals surface area (Å²) in [5.74, 6) is 0.346. The van der Waals surface area contributed by atoms with E-state index in [9.17, 15) is 4.79 Å².